The van der Waals surface area contributed by atoms with E-state index in [2.05, 4.69) is 5.32 Å². The molecule has 1 aliphatic carbocycles. The van der Waals surface area contributed by atoms with Crippen molar-refractivity contribution in [1.29, 1.82) is 0 Å². The molecule has 8 nitrogen and oxygen atoms in total. The molecule has 4 rings (SSSR count). The van der Waals surface area contributed by atoms with Crippen molar-refractivity contribution >= 4 is 23.6 Å². The molecule has 0 radical (unpaired) electrons. The zero-order valence-electron chi connectivity index (χ0n) is 21.8. The maximum atomic E-state index is 13.2. The minimum Gasteiger partial charge on any atom is -0.449 e. The lowest BCUT2D eigenvalue weighted by Gasteiger charge is -2.27. The van der Waals surface area contributed by atoms with Gasteiger partial charge in [-0.2, -0.15) is 0 Å². The summed E-state index contributed by atoms with van der Waals surface area (Å²) in [5.41, 5.74) is 3.75. The number of benzene rings is 2. The molecule has 1 heterocycles. The van der Waals surface area contributed by atoms with E-state index in [1.807, 2.05) is 69.3 Å². The average molecular weight is 507 g/mol. The molecule has 1 N–H and O–H groups in total. The number of alkyl carbamates (subject to hydrolysis) is 1. The second-order valence-electron chi connectivity index (χ2n) is 10.6. The van der Waals surface area contributed by atoms with Gasteiger partial charge in [-0.05, 0) is 62.8 Å². The minimum atomic E-state index is -1.24. The highest BCUT2D eigenvalue weighted by atomic mass is 16.5. The van der Waals surface area contributed by atoms with Crippen LogP contribution in [-0.2, 0) is 23.9 Å². The summed E-state index contributed by atoms with van der Waals surface area (Å²) >= 11 is 0. The standard InChI is InChI=1S/C29H34N2O6/c1-18(32)25-14-9-15-31(25)27(34)26(33)24(17-37-29(2,3)4)30-28(35)36-16-23-21-12-7-5-10-19(21)20-11-6-8-13-22(20)23/h5-8,10-13,23-25H,9,14-17H2,1-4H3,(H,30,35)/t24-,25-/m0/s1. The van der Waals surface area contributed by atoms with Gasteiger partial charge in [0, 0.05) is 12.5 Å². The second-order valence-corrected chi connectivity index (χ2v) is 10.6. The largest absolute Gasteiger partial charge is 0.449 e. The first-order chi connectivity index (χ1) is 17.6. The van der Waals surface area contributed by atoms with Crippen LogP contribution in [0, 0.1) is 0 Å². The number of rotatable bonds is 8. The topological polar surface area (TPSA) is 102 Å². The fourth-order valence-corrected chi connectivity index (χ4v) is 5.02. The molecule has 8 heteroatoms. The summed E-state index contributed by atoms with van der Waals surface area (Å²) in [6.45, 7) is 7.06. The van der Waals surface area contributed by atoms with Crippen LogP contribution in [0.25, 0.3) is 11.1 Å². The fourth-order valence-electron chi connectivity index (χ4n) is 5.02. The molecule has 0 unspecified atom stereocenters. The van der Waals surface area contributed by atoms with Gasteiger partial charge in [-0.1, -0.05) is 48.5 Å². The van der Waals surface area contributed by atoms with Crippen molar-refractivity contribution in [2.75, 3.05) is 19.8 Å². The van der Waals surface area contributed by atoms with E-state index in [4.69, 9.17) is 9.47 Å². The molecule has 2 aromatic carbocycles. The first-order valence-electron chi connectivity index (χ1n) is 12.7. The first kappa shape index (κ1) is 26.5. The van der Waals surface area contributed by atoms with Crippen molar-refractivity contribution in [3.63, 3.8) is 0 Å². The average Bonchev–Trinajstić information content (AvgIpc) is 3.47. The van der Waals surface area contributed by atoms with Gasteiger partial charge in [0.15, 0.2) is 5.78 Å². The Labute approximate surface area is 217 Å². The molecule has 1 aliphatic heterocycles. The van der Waals surface area contributed by atoms with E-state index in [9.17, 15) is 19.2 Å². The van der Waals surface area contributed by atoms with E-state index in [1.165, 1.54) is 11.8 Å². The number of amides is 2. The smallest absolute Gasteiger partial charge is 0.407 e. The molecule has 0 aromatic heterocycles. The molecule has 2 amide bonds. The van der Waals surface area contributed by atoms with Crippen LogP contribution in [0.5, 0.6) is 0 Å². The van der Waals surface area contributed by atoms with Crippen LogP contribution in [0.3, 0.4) is 0 Å². The van der Waals surface area contributed by atoms with Crippen molar-refractivity contribution in [2.24, 2.45) is 0 Å². The van der Waals surface area contributed by atoms with Crippen LogP contribution < -0.4 is 5.32 Å². The number of hydrogen-bond donors (Lipinski definition) is 1. The minimum absolute atomic E-state index is 0.0768. The quantitative estimate of drug-likeness (QED) is 0.546. The number of ether oxygens (including phenoxy) is 2. The van der Waals surface area contributed by atoms with E-state index >= 15 is 0 Å². The number of fused-ring (bicyclic) bond motifs is 3. The van der Waals surface area contributed by atoms with E-state index in [0.717, 1.165) is 22.3 Å². The SMILES string of the molecule is CC(=O)[C@@H]1CCCN1C(=O)C(=O)[C@H](COC(C)(C)C)NC(=O)OCC1c2ccccc2-c2ccccc21. The number of Topliss-reactive ketones (excluding diaryl/α,β-unsaturated/α-hetero) is 2. The molecular weight excluding hydrogens is 472 g/mol. The van der Waals surface area contributed by atoms with E-state index in [0.29, 0.717) is 19.4 Å². The Morgan fingerprint density at radius 2 is 1.59 bits per heavy atom. The zero-order valence-corrected chi connectivity index (χ0v) is 21.8. The highest BCUT2D eigenvalue weighted by Gasteiger charge is 2.39. The Morgan fingerprint density at radius 3 is 2.16 bits per heavy atom. The van der Waals surface area contributed by atoms with Crippen LogP contribution in [0.2, 0.25) is 0 Å². The number of ketones is 2. The lowest BCUT2D eigenvalue weighted by atomic mass is 9.98. The maximum Gasteiger partial charge on any atom is 0.407 e. The summed E-state index contributed by atoms with van der Waals surface area (Å²) in [6, 6.07) is 14.1. The molecule has 2 aliphatic rings. The molecular formula is C29H34N2O6. The highest BCUT2D eigenvalue weighted by Crippen LogP contribution is 2.44. The number of hydrogen-bond acceptors (Lipinski definition) is 6. The van der Waals surface area contributed by atoms with Crippen molar-refractivity contribution in [1.82, 2.24) is 10.2 Å². The third kappa shape index (κ3) is 5.91. The Kier molecular flexibility index (Phi) is 7.78. The molecule has 1 saturated heterocycles. The van der Waals surface area contributed by atoms with Crippen molar-refractivity contribution in [3.05, 3.63) is 59.7 Å². The number of nitrogens with one attached hydrogen (secondary N) is 1. The predicted octanol–water partition coefficient (Wildman–Crippen LogP) is 3.86. The molecule has 0 saturated carbocycles. The molecule has 2 atom stereocenters. The Hall–Kier alpha value is -3.52. The van der Waals surface area contributed by atoms with Crippen LogP contribution in [0.15, 0.2) is 48.5 Å². The van der Waals surface area contributed by atoms with Gasteiger partial charge in [0.05, 0.1) is 18.2 Å². The second kappa shape index (κ2) is 10.8. The molecule has 2 aromatic rings. The maximum absolute atomic E-state index is 13.2. The van der Waals surface area contributed by atoms with Gasteiger partial charge in [0.2, 0.25) is 5.78 Å². The normalized spacial score (nSPS) is 17.6. The van der Waals surface area contributed by atoms with Gasteiger partial charge in [-0.3, -0.25) is 14.4 Å². The number of nitrogens with zero attached hydrogens (tertiary/aromatic N) is 1. The van der Waals surface area contributed by atoms with Gasteiger partial charge >= 0.3 is 6.09 Å². The monoisotopic (exact) mass is 506 g/mol. The summed E-state index contributed by atoms with van der Waals surface area (Å²) in [4.78, 5) is 52.3. The number of carbonyl (C=O) groups is 4. The van der Waals surface area contributed by atoms with E-state index in [-0.39, 0.29) is 24.9 Å². The van der Waals surface area contributed by atoms with Gasteiger partial charge in [0.25, 0.3) is 5.91 Å². The van der Waals surface area contributed by atoms with Gasteiger partial charge in [-0.15, -0.1) is 0 Å². The lowest BCUT2D eigenvalue weighted by molar-refractivity contribution is -0.149. The van der Waals surface area contributed by atoms with Crippen LogP contribution in [0.1, 0.15) is 57.6 Å². The third-order valence-corrected chi connectivity index (χ3v) is 6.83. The zero-order chi connectivity index (χ0) is 26.7. The lowest BCUT2D eigenvalue weighted by Crippen LogP contribution is -2.53. The van der Waals surface area contributed by atoms with E-state index < -0.39 is 35.5 Å². The molecule has 0 bridgehead atoms. The predicted molar refractivity (Wildman–Crippen MR) is 138 cm³/mol. The van der Waals surface area contributed by atoms with Crippen molar-refractivity contribution in [3.8, 4) is 11.1 Å². The molecule has 1 fully saturated rings. The van der Waals surface area contributed by atoms with Crippen LogP contribution in [0.4, 0.5) is 4.79 Å². The van der Waals surface area contributed by atoms with Crippen LogP contribution >= 0.6 is 0 Å². The summed E-state index contributed by atoms with van der Waals surface area (Å²) < 4.78 is 11.3. The summed E-state index contributed by atoms with van der Waals surface area (Å²) in [6.07, 6.45) is 0.360. The van der Waals surface area contributed by atoms with E-state index in [1.54, 1.807) is 0 Å². The Bertz CT molecular complexity index is 1160. The molecule has 37 heavy (non-hydrogen) atoms. The van der Waals surface area contributed by atoms with Gasteiger partial charge in [0.1, 0.15) is 12.6 Å². The third-order valence-electron chi connectivity index (χ3n) is 6.83. The van der Waals surface area contributed by atoms with Crippen molar-refractivity contribution < 1.29 is 28.7 Å². The van der Waals surface area contributed by atoms with Gasteiger partial charge < -0.3 is 19.7 Å². The summed E-state index contributed by atoms with van der Waals surface area (Å²) in [5.74, 6) is -1.92. The first-order valence-corrected chi connectivity index (χ1v) is 12.7. The molecule has 0 spiro atoms. The Morgan fingerprint density at radius 1 is 1.00 bits per heavy atom. The van der Waals surface area contributed by atoms with Crippen LogP contribution in [-0.4, -0.2) is 65.9 Å². The summed E-state index contributed by atoms with van der Waals surface area (Å²) in [5, 5.41) is 2.54. The summed E-state index contributed by atoms with van der Waals surface area (Å²) in [7, 11) is 0. The Balaban J connectivity index is 1.45. The highest BCUT2D eigenvalue weighted by molar-refractivity contribution is 6.38. The molecule has 196 valence electrons. The van der Waals surface area contributed by atoms with Crippen molar-refractivity contribution in [2.45, 2.75) is 64.1 Å². The number of carbonyl (C=O) groups excluding carboxylic acids is 4. The fraction of sp³-hybridized carbons (Fsp3) is 0.448. The number of likely N-dealkylation sites (tertiary alicyclic amines) is 1. The van der Waals surface area contributed by atoms with Gasteiger partial charge in [-0.25, -0.2) is 4.79 Å².